The Balaban J connectivity index is 2.46. The number of rotatable bonds is 5. The molecule has 0 aliphatic carbocycles. The van der Waals surface area contributed by atoms with Crippen molar-refractivity contribution in [1.29, 1.82) is 0 Å². The molecule has 0 saturated heterocycles. The highest BCUT2D eigenvalue weighted by atomic mass is 79.9. The highest BCUT2D eigenvalue weighted by Gasteiger charge is 2.19. The monoisotopic (exact) mass is 350 g/mol. The molecule has 2 rings (SSSR count). The summed E-state index contributed by atoms with van der Waals surface area (Å²) >= 11 is 3.40. The van der Waals surface area contributed by atoms with E-state index in [0.29, 0.717) is 32.8 Å². The van der Waals surface area contributed by atoms with Gasteiger partial charge in [0.15, 0.2) is 5.78 Å². The van der Waals surface area contributed by atoms with Gasteiger partial charge < -0.3 is 14.2 Å². The number of ketones is 1. The molecular formula is C16H15BrO4. The molecule has 2 aromatic carbocycles. The highest BCUT2D eigenvalue weighted by Crippen LogP contribution is 2.34. The van der Waals surface area contributed by atoms with Crippen LogP contribution in [0.5, 0.6) is 17.2 Å². The van der Waals surface area contributed by atoms with E-state index in [1.807, 2.05) is 0 Å². The maximum absolute atomic E-state index is 12.7. The van der Waals surface area contributed by atoms with Crippen molar-refractivity contribution in [2.24, 2.45) is 0 Å². The molecule has 0 heterocycles. The van der Waals surface area contributed by atoms with Crippen LogP contribution in [0.25, 0.3) is 0 Å². The molecule has 0 atom stereocenters. The summed E-state index contributed by atoms with van der Waals surface area (Å²) in [6.07, 6.45) is 0. The summed E-state index contributed by atoms with van der Waals surface area (Å²) in [6.45, 7) is 0. The lowest BCUT2D eigenvalue weighted by molar-refractivity contribution is 0.103. The van der Waals surface area contributed by atoms with Crippen molar-refractivity contribution in [1.82, 2.24) is 0 Å². The van der Waals surface area contributed by atoms with Crippen LogP contribution in [0.2, 0.25) is 0 Å². The smallest absolute Gasteiger partial charge is 0.197 e. The van der Waals surface area contributed by atoms with Gasteiger partial charge in [0.05, 0.1) is 26.9 Å². The fourth-order valence-electron chi connectivity index (χ4n) is 1.94. The molecular weight excluding hydrogens is 336 g/mol. The van der Waals surface area contributed by atoms with Crippen molar-refractivity contribution < 1.29 is 19.0 Å². The number of ether oxygens (including phenoxy) is 3. The number of benzene rings is 2. The molecule has 4 nitrogen and oxygen atoms in total. The molecule has 110 valence electrons. The maximum atomic E-state index is 12.7. The first-order valence-corrected chi connectivity index (χ1v) is 7.00. The fourth-order valence-corrected chi connectivity index (χ4v) is 2.54. The third kappa shape index (κ3) is 3.19. The van der Waals surface area contributed by atoms with Crippen LogP contribution in [0.15, 0.2) is 40.9 Å². The van der Waals surface area contributed by atoms with Crippen LogP contribution in [-0.2, 0) is 0 Å². The van der Waals surface area contributed by atoms with Crippen LogP contribution >= 0.6 is 15.9 Å². The normalized spacial score (nSPS) is 10.1. The van der Waals surface area contributed by atoms with Crippen molar-refractivity contribution in [2.75, 3.05) is 21.3 Å². The van der Waals surface area contributed by atoms with Gasteiger partial charge in [0.2, 0.25) is 0 Å². The minimum atomic E-state index is -0.135. The van der Waals surface area contributed by atoms with E-state index in [0.717, 1.165) is 0 Å². The second-order valence-corrected chi connectivity index (χ2v) is 5.10. The van der Waals surface area contributed by atoms with Crippen molar-refractivity contribution in [2.45, 2.75) is 0 Å². The van der Waals surface area contributed by atoms with E-state index in [1.54, 1.807) is 50.6 Å². The predicted octanol–water partition coefficient (Wildman–Crippen LogP) is 3.71. The summed E-state index contributed by atoms with van der Waals surface area (Å²) in [5, 5.41) is 0. The Kier molecular flexibility index (Phi) is 4.85. The van der Waals surface area contributed by atoms with Crippen LogP contribution < -0.4 is 14.2 Å². The van der Waals surface area contributed by atoms with Crippen LogP contribution in [-0.4, -0.2) is 27.1 Å². The number of hydrogen-bond acceptors (Lipinski definition) is 4. The Labute approximate surface area is 131 Å². The summed E-state index contributed by atoms with van der Waals surface area (Å²) < 4.78 is 16.2. The predicted molar refractivity (Wildman–Crippen MR) is 83.7 cm³/mol. The summed E-state index contributed by atoms with van der Waals surface area (Å²) in [5.74, 6) is 1.64. The lowest BCUT2D eigenvalue weighted by Crippen LogP contribution is -2.05. The van der Waals surface area contributed by atoms with Gasteiger partial charge in [-0.2, -0.15) is 0 Å². The Hall–Kier alpha value is -2.01. The molecule has 0 aromatic heterocycles. The van der Waals surface area contributed by atoms with Crippen LogP contribution in [0.4, 0.5) is 0 Å². The van der Waals surface area contributed by atoms with E-state index >= 15 is 0 Å². The van der Waals surface area contributed by atoms with Gasteiger partial charge in [-0.05, 0) is 46.3 Å². The molecule has 0 fully saturated rings. The summed E-state index contributed by atoms with van der Waals surface area (Å²) in [7, 11) is 4.66. The number of methoxy groups -OCH3 is 3. The van der Waals surface area contributed by atoms with Gasteiger partial charge in [-0.1, -0.05) is 0 Å². The van der Waals surface area contributed by atoms with Crippen LogP contribution in [0.1, 0.15) is 15.9 Å². The minimum Gasteiger partial charge on any atom is -0.497 e. The molecule has 0 unspecified atom stereocenters. The van der Waals surface area contributed by atoms with Gasteiger partial charge in [-0.25, -0.2) is 0 Å². The summed E-state index contributed by atoms with van der Waals surface area (Å²) in [5.41, 5.74) is 1.02. The van der Waals surface area contributed by atoms with Gasteiger partial charge >= 0.3 is 0 Å². The minimum absolute atomic E-state index is 0.135. The zero-order valence-corrected chi connectivity index (χ0v) is 13.6. The maximum Gasteiger partial charge on any atom is 0.197 e. The molecule has 21 heavy (non-hydrogen) atoms. The molecule has 0 bridgehead atoms. The van der Waals surface area contributed by atoms with E-state index in [4.69, 9.17) is 14.2 Å². The quantitative estimate of drug-likeness (QED) is 0.771. The molecule has 0 aliphatic heterocycles. The third-order valence-corrected chi connectivity index (χ3v) is 3.69. The first-order chi connectivity index (χ1) is 10.1. The molecule has 0 amide bonds. The SMILES string of the molecule is COc1ccc(C(=O)c2c(Br)cc(OC)cc2OC)cc1. The molecule has 0 aliphatic rings. The summed E-state index contributed by atoms with van der Waals surface area (Å²) in [6, 6.07) is 10.4. The zero-order valence-electron chi connectivity index (χ0n) is 12.0. The second-order valence-electron chi connectivity index (χ2n) is 4.24. The van der Waals surface area contributed by atoms with Crippen molar-refractivity contribution in [3.05, 3.63) is 52.0 Å². The van der Waals surface area contributed by atoms with Crippen LogP contribution in [0, 0.1) is 0 Å². The average molecular weight is 351 g/mol. The first kappa shape index (κ1) is 15.4. The molecule has 0 spiro atoms. The molecule has 0 N–H and O–H groups in total. The van der Waals surface area contributed by atoms with Gasteiger partial charge in [-0.15, -0.1) is 0 Å². The van der Waals surface area contributed by atoms with Gasteiger partial charge in [-0.3, -0.25) is 4.79 Å². The number of carbonyl (C=O) groups is 1. The standard InChI is InChI=1S/C16H15BrO4/c1-19-11-6-4-10(5-7-11)16(18)15-13(17)8-12(20-2)9-14(15)21-3/h4-9H,1-3H3. The first-order valence-electron chi connectivity index (χ1n) is 6.21. The number of halogens is 1. The fraction of sp³-hybridized carbons (Fsp3) is 0.188. The van der Waals surface area contributed by atoms with E-state index in [-0.39, 0.29) is 5.78 Å². The number of carbonyl (C=O) groups excluding carboxylic acids is 1. The zero-order chi connectivity index (χ0) is 15.4. The van der Waals surface area contributed by atoms with E-state index in [2.05, 4.69) is 15.9 Å². The Morgan fingerprint density at radius 2 is 1.52 bits per heavy atom. The lowest BCUT2D eigenvalue weighted by Gasteiger charge is -2.12. The Bertz CT molecular complexity index is 650. The van der Waals surface area contributed by atoms with E-state index in [9.17, 15) is 4.79 Å². The topological polar surface area (TPSA) is 44.8 Å². The lowest BCUT2D eigenvalue weighted by atomic mass is 10.0. The van der Waals surface area contributed by atoms with Gasteiger partial charge in [0, 0.05) is 16.1 Å². The Morgan fingerprint density at radius 3 is 2.05 bits per heavy atom. The largest absolute Gasteiger partial charge is 0.497 e. The van der Waals surface area contributed by atoms with Crippen molar-refractivity contribution in [3.63, 3.8) is 0 Å². The van der Waals surface area contributed by atoms with Gasteiger partial charge in [0.25, 0.3) is 0 Å². The second kappa shape index (κ2) is 6.63. The van der Waals surface area contributed by atoms with Gasteiger partial charge in [0.1, 0.15) is 17.2 Å². The summed E-state index contributed by atoms with van der Waals surface area (Å²) in [4.78, 5) is 12.7. The number of hydrogen-bond donors (Lipinski definition) is 0. The van der Waals surface area contributed by atoms with Crippen molar-refractivity contribution in [3.8, 4) is 17.2 Å². The van der Waals surface area contributed by atoms with E-state index < -0.39 is 0 Å². The average Bonchev–Trinajstić information content (AvgIpc) is 2.53. The van der Waals surface area contributed by atoms with Crippen LogP contribution in [0.3, 0.4) is 0 Å². The van der Waals surface area contributed by atoms with E-state index in [1.165, 1.54) is 7.11 Å². The highest BCUT2D eigenvalue weighted by molar-refractivity contribution is 9.10. The molecule has 0 radical (unpaired) electrons. The van der Waals surface area contributed by atoms with Crippen molar-refractivity contribution >= 4 is 21.7 Å². The molecule has 0 saturated carbocycles. The third-order valence-electron chi connectivity index (χ3n) is 3.06. The Morgan fingerprint density at radius 1 is 0.905 bits per heavy atom. The molecule has 5 heteroatoms. The molecule has 2 aromatic rings.